The van der Waals surface area contributed by atoms with Crippen LogP contribution >= 0.6 is 0 Å². The van der Waals surface area contributed by atoms with Crippen molar-refractivity contribution < 1.29 is 4.79 Å². The van der Waals surface area contributed by atoms with Crippen LogP contribution in [0.5, 0.6) is 0 Å². The maximum atomic E-state index is 11.7. The monoisotopic (exact) mass is 277 g/mol. The first-order valence-corrected chi connectivity index (χ1v) is 7.42. The van der Waals surface area contributed by atoms with Crippen molar-refractivity contribution >= 4 is 17.3 Å². The van der Waals surface area contributed by atoms with Gasteiger partial charge in [-0.2, -0.15) is 0 Å². The minimum Gasteiger partial charge on any atom is -0.397 e. The molecule has 20 heavy (non-hydrogen) atoms. The quantitative estimate of drug-likeness (QED) is 0.670. The molecule has 0 bridgehead atoms. The van der Waals surface area contributed by atoms with E-state index in [1.165, 1.54) is 6.42 Å². The van der Waals surface area contributed by atoms with E-state index in [9.17, 15) is 4.79 Å². The van der Waals surface area contributed by atoms with Crippen LogP contribution in [0.1, 0.15) is 50.9 Å². The van der Waals surface area contributed by atoms with Gasteiger partial charge in [0.2, 0.25) is 0 Å². The van der Waals surface area contributed by atoms with Gasteiger partial charge in [0.25, 0.3) is 5.91 Å². The van der Waals surface area contributed by atoms with Crippen molar-refractivity contribution in [3.05, 3.63) is 23.8 Å². The van der Waals surface area contributed by atoms with E-state index in [1.54, 1.807) is 12.1 Å². The number of nitrogens with one attached hydrogen (secondary N) is 2. The van der Waals surface area contributed by atoms with E-state index in [4.69, 9.17) is 5.73 Å². The molecule has 1 aromatic rings. The Bertz CT molecular complexity index is 445. The molecule has 0 aliphatic carbocycles. The lowest BCUT2D eigenvalue weighted by molar-refractivity contribution is 0.0956. The van der Waals surface area contributed by atoms with Crippen LogP contribution in [0.4, 0.5) is 11.4 Å². The molecule has 0 fully saturated rings. The zero-order valence-electron chi connectivity index (χ0n) is 13.0. The molecule has 0 aliphatic heterocycles. The number of amides is 1. The summed E-state index contributed by atoms with van der Waals surface area (Å²) in [5.41, 5.74) is 8.14. The van der Waals surface area contributed by atoms with Gasteiger partial charge in [-0.25, -0.2) is 0 Å². The van der Waals surface area contributed by atoms with Crippen molar-refractivity contribution in [1.29, 1.82) is 0 Å². The summed E-state index contributed by atoms with van der Waals surface area (Å²) in [5.74, 6) is 0.603. The van der Waals surface area contributed by atoms with Crippen LogP contribution in [0.3, 0.4) is 0 Å². The second kappa shape index (κ2) is 7.78. The van der Waals surface area contributed by atoms with Crippen LogP contribution in [0.25, 0.3) is 0 Å². The molecule has 4 N–H and O–H groups in total. The Kier molecular flexibility index (Phi) is 6.36. The molecule has 1 amide bonds. The molecule has 2 atom stereocenters. The summed E-state index contributed by atoms with van der Waals surface area (Å²) in [7, 11) is 0. The minimum absolute atomic E-state index is 0.0848. The Balaban J connectivity index is 2.71. The fourth-order valence-corrected chi connectivity index (χ4v) is 2.19. The summed E-state index contributed by atoms with van der Waals surface area (Å²) in [6.45, 7) is 9.12. The van der Waals surface area contributed by atoms with E-state index in [0.29, 0.717) is 29.8 Å². The Morgan fingerprint density at radius 1 is 1.30 bits per heavy atom. The average molecular weight is 277 g/mol. The molecule has 0 spiro atoms. The predicted octanol–water partition coefficient (Wildman–Crippen LogP) is 3.26. The van der Waals surface area contributed by atoms with Gasteiger partial charge >= 0.3 is 0 Å². The SMILES string of the molecule is CCNC(=O)c1ccc(NC(C)CC(C)CC)c(N)c1. The lowest BCUT2D eigenvalue weighted by atomic mass is 10.00. The van der Waals surface area contributed by atoms with Crippen LogP contribution < -0.4 is 16.4 Å². The predicted molar refractivity (Wildman–Crippen MR) is 86.0 cm³/mol. The number of anilines is 2. The molecule has 0 radical (unpaired) electrons. The van der Waals surface area contributed by atoms with Crippen LogP contribution in [-0.4, -0.2) is 18.5 Å². The molecular formula is C16H27N3O. The largest absolute Gasteiger partial charge is 0.397 e. The van der Waals surface area contributed by atoms with E-state index >= 15 is 0 Å². The number of nitrogens with two attached hydrogens (primary N) is 1. The number of rotatable bonds is 7. The molecule has 112 valence electrons. The second-order valence-corrected chi connectivity index (χ2v) is 5.46. The zero-order chi connectivity index (χ0) is 15.1. The highest BCUT2D eigenvalue weighted by molar-refractivity contribution is 5.96. The number of carbonyl (C=O) groups is 1. The van der Waals surface area contributed by atoms with Crippen molar-refractivity contribution in [1.82, 2.24) is 5.32 Å². The minimum atomic E-state index is -0.0848. The highest BCUT2D eigenvalue weighted by atomic mass is 16.1. The van der Waals surface area contributed by atoms with Crippen LogP contribution in [0.2, 0.25) is 0 Å². The number of hydrogen-bond acceptors (Lipinski definition) is 3. The second-order valence-electron chi connectivity index (χ2n) is 5.46. The molecule has 1 rings (SSSR count). The number of nitrogen functional groups attached to an aromatic ring is 1. The highest BCUT2D eigenvalue weighted by Gasteiger charge is 2.11. The molecule has 0 aliphatic rings. The van der Waals surface area contributed by atoms with E-state index in [1.807, 2.05) is 13.0 Å². The first-order valence-electron chi connectivity index (χ1n) is 7.42. The van der Waals surface area contributed by atoms with Crippen molar-refractivity contribution in [3.8, 4) is 0 Å². The van der Waals surface area contributed by atoms with Gasteiger partial charge in [0, 0.05) is 18.2 Å². The Labute approximate surface area is 122 Å². The fraction of sp³-hybridized carbons (Fsp3) is 0.562. The number of carbonyl (C=O) groups excluding carboxylic acids is 1. The molecule has 4 heteroatoms. The van der Waals surface area contributed by atoms with E-state index in [2.05, 4.69) is 31.4 Å². The third-order valence-electron chi connectivity index (χ3n) is 3.51. The summed E-state index contributed by atoms with van der Waals surface area (Å²) in [4.78, 5) is 11.7. The van der Waals surface area contributed by atoms with Gasteiger partial charge in [0.1, 0.15) is 0 Å². The van der Waals surface area contributed by atoms with E-state index in [-0.39, 0.29) is 5.91 Å². The maximum absolute atomic E-state index is 11.7. The smallest absolute Gasteiger partial charge is 0.251 e. The number of benzene rings is 1. The normalized spacial score (nSPS) is 13.6. The maximum Gasteiger partial charge on any atom is 0.251 e. The van der Waals surface area contributed by atoms with Gasteiger partial charge < -0.3 is 16.4 Å². The third-order valence-corrected chi connectivity index (χ3v) is 3.51. The van der Waals surface area contributed by atoms with Crippen molar-refractivity contribution in [2.45, 2.75) is 46.6 Å². The summed E-state index contributed by atoms with van der Waals surface area (Å²) >= 11 is 0. The Hall–Kier alpha value is -1.71. The van der Waals surface area contributed by atoms with Crippen LogP contribution in [0, 0.1) is 5.92 Å². The van der Waals surface area contributed by atoms with Gasteiger partial charge in [-0.3, -0.25) is 4.79 Å². The molecule has 0 heterocycles. The summed E-state index contributed by atoms with van der Waals surface area (Å²) in [6.07, 6.45) is 2.28. The summed E-state index contributed by atoms with van der Waals surface area (Å²) in [6, 6.07) is 5.78. The zero-order valence-corrected chi connectivity index (χ0v) is 13.0. The third kappa shape index (κ3) is 4.76. The molecule has 2 unspecified atom stereocenters. The van der Waals surface area contributed by atoms with Crippen molar-refractivity contribution in [2.24, 2.45) is 5.92 Å². The van der Waals surface area contributed by atoms with E-state index in [0.717, 1.165) is 12.1 Å². The standard InChI is InChI=1S/C16H27N3O/c1-5-11(3)9-12(4)19-15-8-7-13(10-14(15)17)16(20)18-6-2/h7-8,10-12,19H,5-6,9,17H2,1-4H3,(H,18,20). The molecular weight excluding hydrogens is 250 g/mol. The van der Waals surface area contributed by atoms with Crippen LogP contribution in [0.15, 0.2) is 18.2 Å². The highest BCUT2D eigenvalue weighted by Crippen LogP contribution is 2.22. The molecule has 0 saturated heterocycles. The van der Waals surface area contributed by atoms with Crippen LogP contribution in [-0.2, 0) is 0 Å². The molecule has 1 aromatic carbocycles. The van der Waals surface area contributed by atoms with E-state index < -0.39 is 0 Å². The molecule has 4 nitrogen and oxygen atoms in total. The average Bonchev–Trinajstić information content (AvgIpc) is 2.41. The van der Waals surface area contributed by atoms with Gasteiger partial charge in [-0.15, -0.1) is 0 Å². The summed E-state index contributed by atoms with van der Waals surface area (Å²) in [5, 5.41) is 6.18. The Morgan fingerprint density at radius 3 is 2.55 bits per heavy atom. The van der Waals surface area contributed by atoms with Crippen molar-refractivity contribution in [2.75, 3.05) is 17.6 Å². The van der Waals surface area contributed by atoms with Gasteiger partial charge in [0.05, 0.1) is 11.4 Å². The molecule has 0 saturated carbocycles. The molecule has 0 aromatic heterocycles. The first-order chi connectivity index (χ1) is 9.47. The topological polar surface area (TPSA) is 67.2 Å². The lowest BCUT2D eigenvalue weighted by Crippen LogP contribution is -2.23. The van der Waals surface area contributed by atoms with Crippen molar-refractivity contribution in [3.63, 3.8) is 0 Å². The first kappa shape index (κ1) is 16.3. The lowest BCUT2D eigenvalue weighted by Gasteiger charge is -2.20. The fourth-order valence-electron chi connectivity index (χ4n) is 2.19. The van der Waals surface area contributed by atoms with Gasteiger partial charge in [-0.1, -0.05) is 20.3 Å². The van der Waals surface area contributed by atoms with Gasteiger partial charge in [0.15, 0.2) is 0 Å². The van der Waals surface area contributed by atoms with Gasteiger partial charge in [-0.05, 0) is 44.4 Å². The number of hydrogen-bond donors (Lipinski definition) is 3. The Morgan fingerprint density at radius 2 is 2.00 bits per heavy atom. The summed E-state index contributed by atoms with van der Waals surface area (Å²) < 4.78 is 0.